The van der Waals surface area contributed by atoms with Crippen molar-refractivity contribution in [3.8, 4) is 0 Å². The fraction of sp³-hybridized carbons (Fsp3) is 0.556. The lowest BCUT2D eigenvalue weighted by atomic mass is 10.1. The summed E-state index contributed by atoms with van der Waals surface area (Å²) < 4.78 is 0. The van der Waals surface area contributed by atoms with Gasteiger partial charge in [-0.2, -0.15) is 0 Å². The van der Waals surface area contributed by atoms with Gasteiger partial charge in [-0.1, -0.05) is 44.6 Å². The van der Waals surface area contributed by atoms with Gasteiger partial charge in [0.15, 0.2) is 0 Å². The van der Waals surface area contributed by atoms with Gasteiger partial charge in [-0.25, -0.2) is 0 Å². The molecule has 0 aromatic heterocycles. The van der Waals surface area contributed by atoms with E-state index in [4.69, 9.17) is 5.11 Å². The molecule has 0 spiro atoms. The Bertz CT molecular complexity index is 114. The molecule has 1 nitrogen and oxygen atoms in total. The molecule has 0 aliphatic carbocycles. The van der Waals surface area contributed by atoms with Gasteiger partial charge < -0.3 is 5.11 Å². The normalized spacial score (nSPS) is 15.1. The molecule has 0 rings (SSSR count). The SMILES string of the molecule is CCC(C)/C=C/C=C/CO. The molecule has 0 radical (unpaired) electrons. The minimum Gasteiger partial charge on any atom is -0.392 e. The zero-order chi connectivity index (χ0) is 7.82. The Morgan fingerprint density at radius 3 is 2.60 bits per heavy atom. The van der Waals surface area contributed by atoms with Crippen LogP contribution in [0.2, 0.25) is 0 Å². The van der Waals surface area contributed by atoms with Gasteiger partial charge in [0.05, 0.1) is 6.61 Å². The van der Waals surface area contributed by atoms with E-state index < -0.39 is 0 Å². The zero-order valence-corrected chi connectivity index (χ0v) is 6.75. The van der Waals surface area contributed by atoms with Crippen molar-refractivity contribution in [2.75, 3.05) is 6.61 Å². The van der Waals surface area contributed by atoms with Crippen LogP contribution in [0.3, 0.4) is 0 Å². The summed E-state index contributed by atoms with van der Waals surface area (Å²) in [5.41, 5.74) is 0. The third-order valence-corrected chi connectivity index (χ3v) is 1.44. The number of rotatable bonds is 4. The molecule has 1 atom stereocenters. The second kappa shape index (κ2) is 6.56. The van der Waals surface area contributed by atoms with Crippen molar-refractivity contribution in [3.63, 3.8) is 0 Å². The molecular formula is C9H16O. The van der Waals surface area contributed by atoms with Crippen LogP contribution in [0.4, 0.5) is 0 Å². The Labute approximate surface area is 63.1 Å². The second-order valence-corrected chi connectivity index (χ2v) is 2.38. The summed E-state index contributed by atoms with van der Waals surface area (Å²) in [6.07, 6.45) is 8.87. The Morgan fingerprint density at radius 2 is 2.10 bits per heavy atom. The van der Waals surface area contributed by atoms with Crippen molar-refractivity contribution < 1.29 is 5.11 Å². The first kappa shape index (κ1) is 9.44. The lowest BCUT2D eigenvalue weighted by Gasteiger charge is -1.96. The summed E-state index contributed by atoms with van der Waals surface area (Å²) in [6.45, 7) is 4.46. The van der Waals surface area contributed by atoms with Gasteiger partial charge in [-0.05, 0) is 5.92 Å². The number of allylic oxidation sites excluding steroid dienone is 3. The Balaban J connectivity index is 3.44. The fourth-order valence-electron chi connectivity index (χ4n) is 0.529. The van der Waals surface area contributed by atoms with Gasteiger partial charge in [-0.15, -0.1) is 0 Å². The van der Waals surface area contributed by atoms with Crippen molar-refractivity contribution in [2.45, 2.75) is 20.3 Å². The van der Waals surface area contributed by atoms with E-state index >= 15 is 0 Å². The lowest BCUT2D eigenvalue weighted by Crippen LogP contribution is -1.82. The van der Waals surface area contributed by atoms with Crippen LogP contribution in [0.25, 0.3) is 0 Å². The molecule has 58 valence electrons. The van der Waals surface area contributed by atoms with Gasteiger partial charge >= 0.3 is 0 Å². The van der Waals surface area contributed by atoms with Crippen LogP contribution in [0.15, 0.2) is 24.3 Å². The number of hydrogen-bond donors (Lipinski definition) is 1. The maximum atomic E-state index is 8.37. The molecule has 0 aliphatic rings. The van der Waals surface area contributed by atoms with E-state index in [0.717, 1.165) is 0 Å². The van der Waals surface area contributed by atoms with E-state index in [2.05, 4.69) is 19.9 Å². The monoisotopic (exact) mass is 140 g/mol. The van der Waals surface area contributed by atoms with Crippen molar-refractivity contribution in [1.82, 2.24) is 0 Å². The highest BCUT2D eigenvalue weighted by atomic mass is 16.2. The van der Waals surface area contributed by atoms with Crippen molar-refractivity contribution in [3.05, 3.63) is 24.3 Å². The van der Waals surface area contributed by atoms with Crippen LogP contribution in [-0.2, 0) is 0 Å². The van der Waals surface area contributed by atoms with E-state index in [1.54, 1.807) is 6.08 Å². The topological polar surface area (TPSA) is 20.2 Å². The van der Waals surface area contributed by atoms with Crippen LogP contribution in [0.5, 0.6) is 0 Å². The summed E-state index contributed by atoms with van der Waals surface area (Å²) in [7, 11) is 0. The molecule has 0 aliphatic heterocycles. The predicted molar refractivity (Wildman–Crippen MR) is 44.8 cm³/mol. The summed E-state index contributed by atoms with van der Waals surface area (Å²) >= 11 is 0. The third-order valence-electron chi connectivity index (χ3n) is 1.44. The van der Waals surface area contributed by atoms with Gasteiger partial charge in [0.1, 0.15) is 0 Å². The molecule has 1 unspecified atom stereocenters. The molecular weight excluding hydrogens is 124 g/mol. The predicted octanol–water partition coefficient (Wildman–Crippen LogP) is 2.14. The minimum atomic E-state index is 0.130. The van der Waals surface area contributed by atoms with E-state index in [0.29, 0.717) is 5.92 Å². The Kier molecular flexibility index (Phi) is 6.19. The molecule has 10 heavy (non-hydrogen) atoms. The molecule has 0 amide bonds. The Hall–Kier alpha value is -0.560. The van der Waals surface area contributed by atoms with Crippen LogP contribution in [-0.4, -0.2) is 11.7 Å². The summed E-state index contributed by atoms with van der Waals surface area (Å²) in [5.74, 6) is 0.642. The maximum Gasteiger partial charge on any atom is 0.0615 e. The van der Waals surface area contributed by atoms with Crippen molar-refractivity contribution >= 4 is 0 Å². The summed E-state index contributed by atoms with van der Waals surface area (Å²) in [6, 6.07) is 0. The highest BCUT2D eigenvalue weighted by molar-refractivity contribution is 5.03. The zero-order valence-electron chi connectivity index (χ0n) is 6.75. The van der Waals surface area contributed by atoms with Crippen LogP contribution < -0.4 is 0 Å². The largest absolute Gasteiger partial charge is 0.392 e. The minimum absolute atomic E-state index is 0.130. The molecule has 0 bridgehead atoms. The molecule has 0 saturated heterocycles. The van der Waals surface area contributed by atoms with E-state index in [1.807, 2.05) is 12.2 Å². The average Bonchev–Trinajstić information content (AvgIpc) is 1.98. The molecule has 0 heterocycles. The second-order valence-electron chi connectivity index (χ2n) is 2.38. The first-order valence-corrected chi connectivity index (χ1v) is 3.75. The van der Waals surface area contributed by atoms with E-state index in [-0.39, 0.29) is 6.61 Å². The molecule has 1 N–H and O–H groups in total. The quantitative estimate of drug-likeness (QED) is 0.593. The maximum absolute atomic E-state index is 8.37. The average molecular weight is 140 g/mol. The van der Waals surface area contributed by atoms with Gasteiger partial charge in [0.2, 0.25) is 0 Å². The number of hydrogen-bond acceptors (Lipinski definition) is 1. The van der Waals surface area contributed by atoms with Crippen molar-refractivity contribution in [1.29, 1.82) is 0 Å². The number of aliphatic hydroxyl groups excluding tert-OH is 1. The standard InChI is InChI=1S/C9H16O/c1-3-9(2)7-5-4-6-8-10/h4-7,9-10H,3,8H2,1-2H3/b6-4+,7-5+. The van der Waals surface area contributed by atoms with Crippen LogP contribution >= 0.6 is 0 Å². The van der Waals surface area contributed by atoms with Crippen LogP contribution in [0, 0.1) is 5.92 Å². The van der Waals surface area contributed by atoms with Gasteiger partial charge in [0, 0.05) is 0 Å². The first-order chi connectivity index (χ1) is 4.81. The summed E-state index contributed by atoms with van der Waals surface area (Å²) in [5, 5.41) is 8.37. The highest BCUT2D eigenvalue weighted by Gasteiger charge is 1.86. The summed E-state index contributed by atoms with van der Waals surface area (Å²) in [4.78, 5) is 0. The lowest BCUT2D eigenvalue weighted by molar-refractivity contribution is 0.343. The molecule has 1 heteroatoms. The third kappa shape index (κ3) is 5.57. The van der Waals surface area contributed by atoms with Gasteiger partial charge in [0.25, 0.3) is 0 Å². The van der Waals surface area contributed by atoms with E-state index in [1.165, 1.54) is 6.42 Å². The number of aliphatic hydroxyl groups is 1. The van der Waals surface area contributed by atoms with Crippen molar-refractivity contribution in [2.24, 2.45) is 5.92 Å². The molecule has 0 aromatic rings. The van der Waals surface area contributed by atoms with Crippen LogP contribution in [0.1, 0.15) is 20.3 Å². The molecule has 0 saturated carbocycles. The Morgan fingerprint density at radius 1 is 1.40 bits per heavy atom. The highest BCUT2D eigenvalue weighted by Crippen LogP contribution is 2.01. The molecule has 0 fully saturated rings. The molecule has 0 aromatic carbocycles. The fourth-order valence-corrected chi connectivity index (χ4v) is 0.529. The van der Waals surface area contributed by atoms with E-state index in [9.17, 15) is 0 Å². The smallest absolute Gasteiger partial charge is 0.0615 e. The first-order valence-electron chi connectivity index (χ1n) is 3.75. The van der Waals surface area contributed by atoms with Gasteiger partial charge in [-0.3, -0.25) is 0 Å².